The molecule has 0 radical (unpaired) electrons. The van der Waals surface area contributed by atoms with Crippen molar-refractivity contribution < 1.29 is 18.8 Å². The first-order chi connectivity index (χ1) is 13.5. The molecule has 1 fully saturated rings. The van der Waals surface area contributed by atoms with Gasteiger partial charge in [0.15, 0.2) is 0 Å². The maximum Gasteiger partial charge on any atom is 0.315 e. The predicted molar refractivity (Wildman–Crippen MR) is 103 cm³/mol. The van der Waals surface area contributed by atoms with Crippen molar-refractivity contribution in [2.75, 3.05) is 23.3 Å². The van der Waals surface area contributed by atoms with Crippen LogP contribution in [0.5, 0.6) is 0 Å². The zero-order valence-electron chi connectivity index (χ0n) is 15.2. The van der Waals surface area contributed by atoms with E-state index in [2.05, 4.69) is 16.0 Å². The minimum Gasteiger partial charge on any atom is -0.334 e. The normalized spacial score (nSPS) is 13.3. The second-order valence-corrected chi connectivity index (χ2v) is 6.38. The van der Waals surface area contributed by atoms with Gasteiger partial charge in [-0.2, -0.15) is 0 Å². The highest BCUT2D eigenvalue weighted by atomic mass is 19.1. The Labute approximate surface area is 161 Å². The lowest BCUT2D eigenvalue weighted by atomic mass is 10.2. The molecule has 2 aromatic carbocycles. The van der Waals surface area contributed by atoms with Crippen LogP contribution in [0.2, 0.25) is 0 Å². The van der Waals surface area contributed by atoms with Crippen molar-refractivity contribution in [3.8, 4) is 0 Å². The number of para-hydroxylation sites is 2. The minimum absolute atomic E-state index is 0.0278. The number of hydrogen-bond donors (Lipinski definition) is 3. The number of carbonyl (C=O) groups is 3. The molecule has 1 heterocycles. The van der Waals surface area contributed by atoms with Crippen molar-refractivity contribution >= 4 is 29.2 Å². The first-order valence-electron chi connectivity index (χ1n) is 8.98. The SMILES string of the molecule is O=C(CNC(=O)NCc1ccc(F)cc1)Nc1ccccc1N1CCCC1=O. The van der Waals surface area contributed by atoms with Crippen molar-refractivity contribution in [2.45, 2.75) is 19.4 Å². The van der Waals surface area contributed by atoms with E-state index in [1.54, 1.807) is 41.3 Å². The van der Waals surface area contributed by atoms with Gasteiger partial charge in [-0.25, -0.2) is 9.18 Å². The van der Waals surface area contributed by atoms with Gasteiger partial charge in [0.05, 0.1) is 17.9 Å². The average molecular weight is 384 g/mol. The highest BCUT2D eigenvalue weighted by molar-refractivity contribution is 6.02. The summed E-state index contributed by atoms with van der Waals surface area (Å²) < 4.78 is 12.9. The number of anilines is 2. The number of benzene rings is 2. The summed E-state index contributed by atoms with van der Waals surface area (Å²) in [7, 11) is 0. The van der Waals surface area contributed by atoms with E-state index >= 15 is 0 Å². The van der Waals surface area contributed by atoms with E-state index in [1.165, 1.54) is 12.1 Å². The predicted octanol–water partition coefficient (Wildman–Crippen LogP) is 2.39. The van der Waals surface area contributed by atoms with Crippen LogP contribution in [-0.4, -0.2) is 30.9 Å². The smallest absolute Gasteiger partial charge is 0.315 e. The molecule has 0 atom stereocenters. The molecule has 7 nitrogen and oxygen atoms in total. The van der Waals surface area contributed by atoms with E-state index in [-0.39, 0.29) is 24.8 Å². The Balaban J connectivity index is 1.48. The Morgan fingerprint density at radius 1 is 1.04 bits per heavy atom. The van der Waals surface area contributed by atoms with Crippen LogP contribution in [0.25, 0.3) is 0 Å². The highest BCUT2D eigenvalue weighted by Gasteiger charge is 2.24. The van der Waals surface area contributed by atoms with Crippen molar-refractivity contribution in [2.24, 2.45) is 0 Å². The lowest BCUT2D eigenvalue weighted by Gasteiger charge is -2.20. The molecule has 0 unspecified atom stereocenters. The molecule has 1 saturated heterocycles. The largest absolute Gasteiger partial charge is 0.334 e. The summed E-state index contributed by atoms with van der Waals surface area (Å²) in [6.07, 6.45) is 1.29. The monoisotopic (exact) mass is 384 g/mol. The number of hydrogen-bond acceptors (Lipinski definition) is 3. The van der Waals surface area contributed by atoms with Gasteiger partial charge in [-0.15, -0.1) is 0 Å². The van der Waals surface area contributed by atoms with Crippen molar-refractivity contribution in [1.29, 1.82) is 0 Å². The quantitative estimate of drug-likeness (QED) is 0.714. The van der Waals surface area contributed by atoms with Gasteiger partial charge in [0.2, 0.25) is 11.8 Å². The summed E-state index contributed by atoms with van der Waals surface area (Å²) in [6.45, 7) is 0.612. The maximum atomic E-state index is 12.9. The fraction of sp³-hybridized carbons (Fsp3) is 0.250. The number of rotatable bonds is 6. The maximum absolute atomic E-state index is 12.9. The Hall–Kier alpha value is -3.42. The molecule has 28 heavy (non-hydrogen) atoms. The third-order valence-corrected chi connectivity index (χ3v) is 4.32. The van der Waals surface area contributed by atoms with E-state index in [0.717, 1.165) is 12.0 Å². The number of urea groups is 1. The number of amides is 4. The van der Waals surface area contributed by atoms with Crippen molar-refractivity contribution in [3.63, 3.8) is 0 Å². The number of carbonyl (C=O) groups excluding carboxylic acids is 3. The molecule has 0 aliphatic carbocycles. The van der Waals surface area contributed by atoms with Crippen LogP contribution in [0.1, 0.15) is 18.4 Å². The molecule has 0 bridgehead atoms. The standard InChI is InChI=1S/C20H21FN4O3/c21-15-9-7-14(8-10-15)12-22-20(28)23-13-18(26)24-16-4-1-2-5-17(16)25-11-3-6-19(25)27/h1-2,4-5,7-10H,3,6,11-13H2,(H,24,26)(H2,22,23,28). The average Bonchev–Trinajstić information content (AvgIpc) is 3.12. The van der Waals surface area contributed by atoms with E-state index in [1.807, 2.05) is 0 Å². The molecular formula is C20H21FN4O3. The fourth-order valence-corrected chi connectivity index (χ4v) is 2.92. The van der Waals surface area contributed by atoms with Gasteiger partial charge in [-0.05, 0) is 36.2 Å². The summed E-state index contributed by atoms with van der Waals surface area (Å²) >= 11 is 0. The van der Waals surface area contributed by atoms with Gasteiger partial charge >= 0.3 is 6.03 Å². The van der Waals surface area contributed by atoms with E-state index < -0.39 is 11.9 Å². The molecule has 4 amide bonds. The Bertz CT molecular complexity index is 870. The third-order valence-electron chi connectivity index (χ3n) is 4.32. The van der Waals surface area contributed by atoms with E-state index in [0.29, 0.717) is 24.3 Å². The summed E-state index contributed by atoms with van der Waals surface area (Å²) in [5, 5.41) is 7.79. The summed E-state index contributed by atoms with van der Waals surface area (Å²) in [5.74, 6) is -0.725. The topological polar surface area (TPSA) is 90.5 Å². The Morgan fingerprint density at radius 2 is 1.79 bits per heavy atom. The van der Waals surface area contributed by atoms with Gasteiger partial charge in [0.1, 0.15) is 5.82 Å². The second kappa shape index (κ2) is 8.98. The van der Waals surface area contributed by atoms with Crippen LogP contribution in [0.4, 0.5) is 20.6 Å². The third kappa shape index (κ3) is 5.06. The van der Waals surface area contributed by atoms with Gasteiger partial charge in [-0.3, -0.25) is 9.59 Å². The molecule has 1 aliphatic heterocycles. The molecule has 146 valence electrons. The Kier molecular flexibility index (Phi) is 6.21. The first kappa shape index (κ1) is 19.3. The lowest BCUT2D eigenvalue weighted by molar-refractivity contribution is -0.117. The fourth-order valence-electron chi connectivity index (χ4n) is 2.92. The zero-order valence-corrected chi connectivity index (χ0v) is 15.2. The molecule has 2 aromatic rings. The van der Waals surface area contributed by atoms with E-state index in [9.17, 15) is 18.8 Å². The molecule has 1 aliphatic rings. The molecule has 0 saturated carbocycles. The van der Waals surface area contributed by atoms with Gasteiger partial charge in [0, 0.05) is 19.5 Å². The molecule has 8 heteroatoms. The zero-order chi connectivity index (χ0) is 19.9. The number of halogens is 1. The van der Waals surface area contributed by atoms with Crippen LogP contribution in [0.15, 0.2) is 48.5 Å². The van der Waals surface area contributed by atoms with Crippen LogP contribution in [0.3, 0.4) is 0 Å². The Morgan fingerprint density at radius 3 is 2.50 bits per heavy atom. The highest BCUT2D eigenvalue weighted by Crippen LogP contribution is 2.29. The first-order valence-corrected chi connectivity index (χ1v) is 8.98. The van der Waals surface area contributed by atoms with Crippen LogP contribution >= 0.6 is 0 Å². The molecule has 0 spiro atoms. The van der Waals surface area contributed by atoms with Crippen molar-refractivity contribution in [3.05, 3.63) is 59.9 Å². The minimum atomic E-state index is -0.512. The summed E-state index contributed by atoms with van der Waals surface area (Å²) in [4.78, 5) is 37.6. The van der Waals surface area contributed by atoms with Crippen LogP contribution < -0.4 is 20.9 Å². The van der Waals surface area contributed by atoms with Gasteiger partial charge in [-0.1, -0.05) is 24.3 Å². The van der Waals surface area contributed by atoms with E-state index in [4.69, 9.17) is 0 Å². The van der Waals surface area contributed by atoms with Crippen molar-refractivity contribution in [1.82, 2.24) is 10.6 Å². The molecule has 3 N–H and O–H groups in total. The van der Waals surface area contributed by atoms with Crippen LogP contribution in [-0.2, 0) is 16.1 Å². The van der Waals surface area contributed by atoms with Crippen LogP contribution in [0, 0.1) is 5.82 Å². The summed E-state index contributed by atoms with van der Waals surface area (Å²) in [6, 6.07) is 12.3. The molecular weight excluding hydrogens is 363 g/mol. The number of nitrogens with one attached hydrogen (secondary N) is 3. The van der Waals surface area contributed by atoms with Gasteiger partial charge in [0.25, 0.3) is 0 Å². The molecule has 3 rings (SSSR count). The molecule has 0 aromatic heterocycles. The summed E-state index contributed by atoms with van der Waals surface area (Å²) in [5.41, 5.74) is 1.92. The number of nitrogens with zero attached hydrogens (tertiary/aromatic N) is 1. The van der Waals surface area contributed by atoms with Gasteiger partial charge < -0.3 is 20.9 Å². The second-order valence-electron chi connectivity index (χ2n) is 6.38. The lowest BCUT2D eigenvalue weighted by Crippen LogP contribution is -2.39.